The molecule has 1 aromatic carbocycles. The lowest BCUT2D eigenvalue weighted by atomic mass is 10.1. The Labute approximate surface area is 109 Å². The lowest BCUT2D eigenvalue weighted by Gasteiger charge is -2.04. The third-order valence-electron chi connectivity index (χ3n) is 2.79. The van der Waals surface area contributed by atoms with Crippen LogP contribution in [-0.4, -0.2) is 17.6 Å². The molecule has 1 aromatic heterocycles. The summed E-state index contributed by atoms with van der Waals surface area (Å²) in [7, 11) is 0. The average Bonchev–Trinajstić information content (AvgIpc) is 2.38. The highest BCUT2D eigenvalue weighted by atomic mass is 14.9. The summed E-state index contributed by atoms with van der Waals surface area (Å²) in [5.74, 6) is 0. The van der Waals surface area contributed by atoms with Crippen LogP contribution in [0.25, 0.3) is 17.0 Å². The largest absolute Gasteiger partial charge is 0.314 e. The van der Waals surface area contributed by atoms with Crippen LogP contribution in [0.5, 0.6) is 0 Å². The summed E-state index contributed by atoms with van der Waals surface area (Å²) < 4.78 is 0. The van der Waals surface area contributed by atoms with Crippen LogP contribution in [0.3, 0.4) is 0 Å². The number of hydrogen-bond donors (Lipinski definition) is 1. The molecule has 2 aromatic rings. The van der Waals surface area contributed by atoms with Gasteiger partial charge in [-0.15, -0.1) is 0 Å². The van der Waals surface area contributed by atoms with Crippen LogP contribution in [0, 0.1) is 0 Å². The first kappa shape index (κ1) is 12.8. The van der Waals surface area contributed by atoms with E-state index in [9.17, 15) is 0 Å². The lowest BCUT2D eigenvalue weighted by Crippen LogP contribution is -2.23. The van der Waals surface area contributed by atoms with Gasteiger partial charge in [0, 0.05) is 17.6 Å². The second-order valence-electron chi connectivity index (χ2n) is 4.76. The number of para-hydroxylation sites is 1. The van der Waals surface area contributed by atoms with E-state index in [4.69, 9.17) is 0 Å². The quantitative estimate of drug-likeness (QED) is 0.807. The van der Waals surface area contributed by atoms with Crippen molar-refractivity contribution in [1.82, 2.24) is 10.3 Å². The first-order valence-electron chi connectivity index (χ1n) is 6.50. The smallest absolute Gasteiger partial charge is 0.0702 e. The van der Waals surface area contributed by atoms with Crippen LogP contribution in [0.15, 0.2) is 42.6 Å². The predicted molar refractivity (Wildman–Crippen MR) is 78.5 cm³/mol. The molecule has 2 nitrogen and oxygen atoms in total. The van der Waals surface area contributed by atoms with E-state index in [0.717, 1.165) is 18.5 Å². The SMILES string of the molecule is CC(C)NCCC=Cc1cnc2ccccc2c1. The van der Waals surface area contributed by atoms with Crippen molar-refractivity contribution in [2.75, 3.05) is 6.54 Å². The normalized spacial score (nSPS) is 11.7. The zero-order valence-electron chi connectivity index (χ0n) is 11.1. The molecule has 2 rings (SSSR count). The van der Waals surface area contributed by atoms with Crippen molar-refractivity contribution in [2.45, 2.75) is 26.3 Å². The minimum Gasteiger partial charge on any atom is -0.314 e. The Balaban J connectivity index is 1.97. The average molecular weight is 240 g/mol. The molecule has 0 atom stereocenters. The molecule has 2 heteroatoms. The third kappa shape index (κ3) is 3.67. The minimum atomic E-state index is 0.556. The van der Waals surface area contributed by atoms with Gasteiger partial charge >= 0.3 is 0 Å². The number of hydrogen-bond acceptors (Lipinski definition) is 2. The Morgan fingerprint density at radius 1 is 1.28 bits per heavy atom. The molecular weight excluding hydrogens is 220 g/mol. The first-order chi connectivity index (χ1) is 8.75. The van der Waals surface area contributed by atoms with Crippen LogP contribution in [0.4, 0.5) is 0 Å². The highest BCUT2D eigenvalue weighted by molar-refractivity contribution is 5.80. The van der Waals surface area contributed by atoms with E-state index >= 15 is 0 Å². The number of nitrogens with zero attached hydrogens (tertiary/aromatic N) is 1. The molecule has 18 heavy (non-hydrogen) atoms. The van der Waals surface area contributed by atoms with Crippen LogP contribution in [0.2, 0.25) is 0 Å². The summed E-state index contributed by atoms with van der Waals surface area (Å²) in [6.45, 7) is 5.35. The first-order valence-corrected chi connectivity index (χ1v) is 6.50. The van der Waals surface area contributed by atoms with Gasteiger partial charge in [-0.1, -0.05) is 44.2 Å². The van der Waals surface area contributed by atoms with Gasteiger partial charge in [0.05, 0.1) is 5.52 Å². The molecule has 0 aliphatic rings. The summed E-state index contributed by atoms with van der Waals surface area (Å²) in [6.07, 6.45) is 7.31. The summed E-state index contributed by atoms with van der Waals surface area (Å²) in [4.78, 5) is 4.44. The minimum absolute atomic E-state index is 0.556. The molecule has 0 saturated carbocycles. The maximum absolute atomic E-state index is 4.44. The van der Waals surface area contributed by atoms with Gasteiger partial charge in [-0.25, -0.2) is 0 Å². The van der Waals surface area contributed by atoms with Crippen molar-refractivity contribution in [3.63, 3.8) is 0 Å². The Bertz CT molecular complexity index is 529. The van der Waals surface area contributed by atoms with Crippen molar-refractivity contribution in [3.05, 3.63) is 48.2 Å². The number of fused-ring (bicyclic) bond motifs is 1. The van der Waals surface area contributed by atoms with Crippen LogP contribution < -0.4 is 5.32 Å². The summed E-state index contributed by atoms with van der Waals surface area (Å²) in [6, 6.07) is 10.9. The Kier molecular flexibility index (Phi) is 4.48. The van der Waals surface area contributed by atoms with Gasteiger partial charge in [0.1, 0.15) is 0 Å². The molecule has 0 radical (unpaired) electrons. The van der Waals surface area contributed by atoms with Crippen LogP contribution >= 0.6 is 0 Å². The van der Waals surface area contributed by atoms with Gasteiger partial charge in [0.15, 0.2) is 0 Å². The van der Waals surface area contributed by atoms with Crippen molar-refractivity contribution < 1.29 is 0 Å². The summed E-state index contributed by atoms with van der Waals surface area (Å²) in [5.41, 5.74) is 2.22. The maximum Gasteiger partial charge on any atom is 0.0702 e. The molecule has 0 spiro atoms. The number of nitrogens with one attached hydrogen (secondary N) is 1. The fourth-order valence-corrected chi connectivity index (χ4v) is 1.85. The van der Waals surface area contributed by atoms with Gasteiger partial charge in [-0.05, 0) is 30.7 Å². The van der Waals surface area contributed by atoms with Gasteiger partial charge in [-0.2, -0.15) is 0 Å². The molecule has 0 saturated heterocycles. The van der Waals surface area contributed by atoms with E-state index in [-0.39, 0.29) is 0 Å². The van der Waals surface area contributed by atoms with Crippen molar-refractivity contribution in [2.24, 2.45) is 0 Å². The van der Waals surface area contributed by atoms with Crippen molar-refractivity contribution in [3.8, 4) is 0 Å². The predicted octanol–water partition coefficient (Wildman–Crippen LogP) is 3.64. The molecule has 94 valence electrons. The Hall–Kier alpha value is -1.67. The van der Waals surface area contributed by atoms with E-state index in [2.05, 4.69) is 48.4 Å². The van der Waals surface area contributed by atoms with Gasteiger partial charge < -0.3 is 5.32 Å². The standard InChI is InChI=1S/C16H20N2/c1-13(2)17-10-6-5-7-14-11-15-8-3-4-9-16(15)18-12-14/h3-5,7-9,11-13,17H,6,10H2,1-2H3. The zero-order valence-corrected chi connectivity index (χ0v) is 11.1. The molecule has 0 aliphatic carbocycles. The molecule has 1 N–H and O–H groups in total. The maximum atomic E-state index is 4.44. The van der Waals surface area contributed by atoms with E-state index in [0.29, 0.717) is 6.04 Å². The van der Waals surface area contributed by atoms with Crippen LogP contribution in [-0.2, 0) is 0 Å². The molecule has 0 unspecified atom stereocenters. The summed E-state index contributed by atoms with van der Waals surface area (Å²) in [5, 5.41) is 4.59. The number of rotatable bonds is 5. The number of pyridine rings is 1. The van der Waals surface area contributed by atoms with Crippen LogP contribution in [0.1, 0.15) is 25.8 Å². The fraction of sp³-hybridized carbons (Fsp3) is 0.312. The van der Waals surface area contributed by atoms with Gasteiger partial charge in [0.2, 0.25) is 0 Å². The third-order valence-corrected chi connectivity index (χ3v) is 2.79. The van der Waals surface area contributed by atoms with Crippen molar-refractivity contribution in [1.29, 1.82) is 0 Å². The monoisotopic (exact) mass is 240 g/mol. The van der Waals surface area contributed by atoms with E-state index < -0.39 is 0 Å². The van der Waals surface area contributed by atoms with Gasteiger partial charge in [-0.3, -0.25) is 4.98 Å². The number of aromatic nitrogens is 1. The molecular formula is C16H20N2. The second-order valence-corrected chi connectivity index (χ2v) is 4.76. The summed E-state index contributed by atoms with van der Waals surface area (Å²) >= 11 is 0. The van der Waals surface area contributed by atoms with E-state index in [1.165, 1.54) is 10.9 Å². The fourth-order valence-electron chi connectivity index (χ4n) is 1.85. The molecule has 1 heterocycles. The molecule has 0 bridgehead atoms. The lowest BCUT2D eigenvalue weighted by molar-refractivity contribution is 0.595. The highest BCUT2D eigenvalue weighted by Crippen LogP contribution is 2.13. The number of benzene rings is 1. The van der Waals surface area contributed by atoms with Gasteiger partial charge in [0.25, 0.3) is 0 Å². The van der Waals surface area contributed by atoms with E-state index in [1.807, 2.05) is 24.4 Å². The topological polar surface area (TPSA) is 24.9 Å². The van der Waals surface area contributed by atoms with E-state index in [1.54, 1.807) is 0 Å². The Morgan fingerprint density at radius 3 is 2.94 bits per heavy atom. The Morgan fingerprint density at radius 2 is 2.11 bits per heavy atom. The molecule has 0 aliphatic heterocycles. The second kappa shape index (κ2) is 6.31. The zero-order chi connectivity index (χ0) is 12.8. The molecule has 0 fully saturated rings. The van der Waals surface area contributed by atoms with Crippen molar-refractivity contribution >= 4 is 17.0 Å². The molecule has 0 amide bonds. The highest BCUT2D eigenvalue weighted by Gasteiger charge is 1.94.